The summed E-state index contributed by atoms with van der Waals surface area (Å²) in [5.74, 6) is 1.24. The van der Waals surface area contributed by atoms with Gasteiger partial charge >= 0.3 is 5.97 Å². The highest BCUT2D eigenvalue weighted by atomic mass is 16.6. The lowest BCUT2D eigenvalue weighted by Crippen LogP contribution is -2.29. The van der Waals surface area contributed by atoms with Crippen LogP contribution in [0.2, 0.25) is 0 Å². The number of hydrogen-bond donors (Lipinski definition) is 0. The first-order valence-electron chi connectivity index (χ1n) is 11.4. The van der Waals surface area contributed by atoms with Crippen molar-refractivity contribution in [1.29, 1.82) is 0 Å². The zero-order chi connectivity index (χ0) is 23.0. The molecule has 0 spiro atoms. The summed E-state index contributed by atoms with van der Waals surface area (Å²) < 4.78 is 24.4. The van der Waals surface area contributed by atoms with E-state index in [1.165, 1.54) is 5.57 Å². The van der Waals surface area contributed by atoms with Crippen LogP contribution in [0.25, 0.3) is 0 Å². The van der Waals surface area contributed by atoms with E-state index in [-0.39, 0.29) is 29.7 Å². The molecule has 33 heavy (non-hydrogen) atoms. The molecular formula is C25H29N3O5. The van der Waals surface area contributed by atoms with Crippen molar-refractivity contribution in [3.05, 3.63) is 60.0 Å². The molecule has 1 aromatic heterocycles. The summed E-state index contributed by atoms with van der Waals surface area (Å²) in [6, 6.07) is 7.44. The number of carbonyl (C=O) groups excluding carboxylic acids is 1. The van der Waals surface area contributed by atoms with Crippen LogP contribution in [-0.4, -0.2) is 45.9 Å². The summed E-state index contributed by atoms with van der Waals surface area (Å²) in [5, 5.41) is 8.53. The van der Waals surface area contributed by atoms with Gasteiger partial charge in [0.05, 0.1) is 25.5 Å². The average molecular weight is 452 g/mol. The molecule has 0 radical (unpaired) electrons. The molecule has 3 heterocycles. The lowest BCUT2D eigenvalue weighted by atomic mass is 9.84. The Morgan fingerprint density at radius 2 is 2.06 bits per heavy atom. The number of hydrogen-bond acceptors (Lipinski definition) is 7. The van der Waals surface area contributed by atoms with Crippen LogP contribution in [0.1, 0.15) is 38.3 Å². The van der Waals surface area contributed by atoms with Crippen LogP contribution in [0.3, 0.4) is 0 Å². The van der Waals surface area contributed by atoms with Crippen LogP contribution >= 0.6 is 0 Å². The fraction of sp³-hybridized carbons (Fsp3) is 0.480. The fourth-order valence-electron chi connectivity index (χ4n) is 4.78. The third-order valence-corrected chi connectivity index (χ3v) is 6.84. The van der Waals surface area contributed by atoms with E-state index in [4.69, 9.17) is 18.9 Å². The summed E-state index contributed by atoms with van der Waals surface area (Å²) in [4.78, 5) is 12.1. The summed E-state index contributed by atoms with van der Waals surface area (Å²) >= 11 is 0. The van der Waals surface area contributed by atoms with Gasteiger partial charge in [-0.3, -0.25) is 0 Å². The van der Waals surface area contributed by atoms with E-state index >= 15 is 0 Å². The minimum absolute atomic E-state index is 0.00460. The summed E-state index contributed by atoms with van der Waals surface area (Å²) in [6.45, 7) is 7.08. The number of fused-ring (bicyclic) bond motifs is 3. The quantitative estimate of drug-likeness (QED) is 0.287. The molecule has 4 atom stereocenters. The molecular weight excluding hydrogens is 422 g/mol. The number of ether oxygens (including phenoxy) is 4. The molecule has 0 N–H and O–H groups in total. The lowest BCUT2D eigenvalue weighted by molar-refractivity contribution is -0.140. The minimum Gasteiger partial charge on any atom is -0.497 e. The predicted molar refractivity (Wildman–Crippen MR) is 120 cm³/mol. The van der Waals surface area contributed by atoms with Crippen LogP contribution in [0.5, 0.6) is 11.5 Å². The van der Waals surface area contributed by atoms with Gasteiger partial charge in [-0.25, -0.2) is 9.48 Å². The number of nitrogens with zero attached hydrogens (tertiary/aromatic N) is 3. The second kappa shape index (κ2) is 8.67. The Balaban J connectivity index is 1.22. The van der Waals surface area contributed by atoms with E-state index in [0.29, 0.717) is 18.7 Å². The largest absolute Gasteiger partial charge is 0.497 e. The van der Waals surface area contributed by atoms with Crippen LogP contribution in [0.15, 0.2) is 54.3 Å². The van der Waals surface area contributed by atoms with Crippen LogP contribution in [0.4, 0.5) is 0 Å². The molecule has 2 fully saturated rings. The first-order chi connectivity index (χ1) is 15.9. The molecule has 2 aromatic rings. The highest BCUT2D eigenvalue weighted by Crippen LogP contribution is 2.49. The standard InChI is InChI=1S/C25H29N3O5/c1-16-21-11-6-17(5-4-12-25(2)23(33-25)22(21)32-24(16)29)13-28-14-18(26-27-28)15-31-20-9-7-19(30-3)8-10-20/h5,7-10,14,21-23H,1,4,6,11-13,15H2,2-3H3/b17-5+/t21-,22-,23-,25+/m0/s1. The van der Waals surface area contributed by atoms with Gasteiger partial charge in [-0.1, -0.05) is 23.4 Å². The Kier molecular flexibility index (Phi) is 5.70. The zero-order valence-electron chi connectivity index (χ0n) is 19.0. The van der Waals surface area contributed by atoms with Crippen molar-refractivity contribution in [3.8, 4) is 11.5 Å². The molecule has 0 saturated carbocycles. The van der Waals surface area contributed by atoms with E-state index in [0.717, 1.165) is 42.9 Å². The molecule has 1 aromatic carbocycles. The van der Waals surface area contributed by atoms with Gasteiger partial charge in [-0.05, 0) is 56.9 Å². The number of rotatable bonds is 6. The molecule has 3 aliphatic rings. The second-order valence-electron chi connectivity index (χ2n) is 9.16. The smallest absolute Gasteiger partial charge is 0.334 e. The predicted octanol–water partition coefficient (Wildman–Crippen LogP) is 3.62. The summed E-state index contributed by atoms with van der Waals surface area (Å²) in [6.07, 6.45) is 7.40. The van der Waals surface area contributed by atoms with E-state index in [1.54, 1.807) is 7.11 Å². The first-order valence-corrected chi connectivity index (χ1v) is 11.4. The molecule has 0 amide bonds. The number of carbonyl (C=O) groups is 1. The third-order valence-electron chi connectivity index (χ3n) is 6.84. The van der Waals surface area contributed by atoms with Gasteiger partial charge in [0.2, 0.25) is 0 Å². The lowest BCUT2D eigenvalue weighted by Gasteiger charge is -2.20. The zero-order valence-corrected chi connectivity index (χ0v) is 19.0. The average Bonchev–Trinajstić information content (AvgIpc) is 3.13. The van der Waals surface area contributed by atoms with Crippen molar-refractivity contribution >= 4 is 5.97 Å². The number of allylic oxidation sites excluding steroid dienone is 2. The third kappa shape index (κ3) is 4.53. The van der Waals surface area contributed by atoms with Gasteiger partial charge in [0, 0.05) is 11.5 Å². The maximum absolute atomic E-state index is 12.1. The van der Waals surface area contributed by atoms with Crippen molar-refractivity contribution < 1.29 is 23.7 Å². The van der Waals surface area contributed by atoms with Gasteiger partial charge in [0.25, 0.3) is 0 Å². The second-order valence-corrected chi connectivity index (χ2v) is 9.16. The Hall–Kier alpha value is -3.13. The molecule has 2 saturated heterocycles. The van der Waals surface area contributed by atoms with Gasteiger partial charge in [0.15, 0.2) is 0 Å². The Labute approximate surface area is 193 Å². The minimum atomic E-state index is -0.287. The molecule has 0 bridgehead atoms. The fourth-order valence-corrected chi connectivity index (χ4v) is 4.78. The summed E-state index contributed by atoms with van der Waals surface area (Å²) in [5.41, 5.74) is 2.36. The van der Waals surface area contributed by atoms with Crippen molar-refractivity contribution in [2.75, 3.05) is 7.11 Å². The maximum Gasteiger partial charge on any atom is 0.334 e. The molecule has 2 aliphatic heterocycles. The van der Waals surface area contributed by atoms with E-state index < -0.39 is 0 Å². The number of aromatic nitrogens is 3. The van der Waals surface area contributed by atoms with Crippen molar-refractivity contribution in [3.63, 3.8) is 0 Å². The molecule has 174 valence electrons. The van der Waals surface area contributed by atoms with Gasteiger partial charge in [-0.15, -0.1) is 5.10 Å². The van der Waals surface area contributed by atoms with Crippen molar-refractivity contribution in [2.45, 2.75) is 63.6 Å². The Morgan fingerprint density at radius 3 is 2.85 bits per heavy atom. The Bertz CT molecular complexity index is 1080. The molecule has 8 heteroatoms. The van der Waals surface area contributed by atoms with Crippen LogP contribution in [-0.2, 0) is 27.4 Å². The van der Waals surface area contributed by atoms with E-state index in [2.05, 4.69) is 29.9 Å². The molecule has 8 nitrogen and oxygen atoms in total. The maximum atomic E-state index is 12.1. The molecule has 0 unspecified atom stereocenters. The van der Waals surface area contributed by atoms with Gasteiger partial charge < -0.3 is 18.9 Å². The van der Waals surface area contributed by atoms with E-state index in [1.807, 2.05) is 35.1 Å². The molecule has 5 rings (SSSR count). The van der Waals surface area contributed by atoms with Crippen molar-refractivity contribution in [1.82, 2.24) is 15.0 Å². The number of methoxy groups -OCH3 is 1. The highest BCUT2D eigenvalue weighted by Gasteiger charge is 2.61. The number of esters is 1. The number of benzene rings is 1. The molecule has 1 aliphatic carbocycles. The highest BCUT2D eigenvalue weighted by molar-refractivity contribution is 5.91. The van der Waals surface area contributed by atoms with Crippen LogP contribution in [0, 0.1) is 5.92 Å². The van der Waals surface area contributed by atoms with Crippen molar-refractivity contribution in [2.24, 2.45) is 5.92 Å². The first kappa shape index (κ1) is 21.7. The number of epoxide rings is 1. The monoisotopic (exact) mass is 451 g/mol. The van der Waals surface area contributed by atoms with E-state index in [9.17, 15) is 4.79 Å². The van der Waals surface area contributed by atoms with Gasteiger partial charge in [0.1, 0.15) is 36.0 Å². The Morgan fingerprint density at radius 1 is 1.27 bits per heavy atom. The normalized spacial score (nSPS) is 30.5. The van der Waals surface area contributed by atoms with Gasteiger partial charge in [-0.2, -0.15) is 0 Å². The topological polar surface area (TPSA) is 88.0 Å². The van der Waals surface area contributed by atoms with Crippen LogP contribution < -0.4 is 9.47 Å². The summed E-state index contributed by atoms with van der Waals surface area (Å²) in [7, 11) is 1.63. The SMILES string of the molecule is C=C1C(=O)O[C@H]2[C@H]1CC/C(Cn1cc(COc3ccc(OC)cc3)nn1)=C\CC[C@@]1(C)O[C@@H]21.